The second-order valence-corrected chi connectivity index (χ2v) is 2.75. The van der Waals surface area contributed by atoms with E-state index in [9.17, 15) is 9.90 Å². The van der Waals surface area contributed by atoms with Gasteiger partial charge in [0.05, 0.1) is 5.56 Å². The number of hydrogen-bond acceptors (Lipinski definition) is 3. The monoisotopic (exact) mass is 173 g/mol. The highest BCUT2D eigenvalue weighted by atomic mass is 16.3. The first-order valence-electron chi connectivity index (χ1n) is 3.83. The van der Waals surface area contributed by atoms with Gasteiger partial charge in [-0.2, -0.15) is 0 Å². The van der Waals surface area contributed by atoms with Gasteiger partial charge in [0.25, 0.3) is 0 Å². The summed E-state index contributed by atoms with van der Waals surface area (Å²) in [6, 6.07) is 4.97. The normalized spacial score (nSPS) is 10.2. The van der Waals surface area contributed by atoms with E-state index in [1.165, 1.54) is 6.07 Å². The molecule has 13 heavy (non-hydrogen) atoms. The number of benzene rings is 1. The van der Waals surface area contributed by atoms with Crippen LogP contribution in [-0.4, -0.2) is 16.4 Å². The van der Waals surface area contributed by atoms with Crippen LogP contribution in [0.3, 0.4) is 0 Å². The van der Waals surface area contributed by atoms with Gasteiger partial charge in [-0.25, -0.2) is 0 Å². The molecule has 1 aromatic carbocycles. The molecule has 0 bridgehead atoms. The molecule has 0 aliphatic carbocycles. The van der Waals surface area contributed by atoms with Crippen molar-refractivity contribution in [2.75, 3.05) is 0 Å². The number of phenols is 1. The van der Waals surface area contributed by atoms with E-state index in [0.717, 1.165) is 10.8 Å². The fourth-order valence-electron chi connectivity index (χ4n) is 1.24. The molecule has 1 heterocycles. The second-order valence-electron chi connectivity index (χ2n) is 2.75. The summed E-state index contributed by atoms with van der Waals surface area (Å²) >= 11 is 0. The molecule has 0 radical (unpaired) electrons. The van der Waals surface area contributed by atoms with Crippen molar-refractivity contribution < 1.29 is 9.90 Å². The number of aldehydes is 1. The topological polar surface area (TPSA) is 50.2 Å². The van der Waals surface area contributed by atoms with Crippen LogP contribution >= 0.6 is 0 Å². The molecule has 0 spiro atoms. The molecule has 64 valence electrons. The molecule has 2 aromatic rings. The van der Waals surface area contributed by atoms with Crippen molar-refractivity contribution in [1.82, 2.24) is 4.98 Å². The molecule has 0 aliphatic heterocycles. The fraction of sp³-hybridized carbons (Fsp3) is 0. The van der Waals surface area contributed by atoms with Crippen LogP contribution in [0.2, 0.25) is 0 Å². The molecule has 0 saturated heterocycles. The average molecular weight is 173 g/mol. The Labute approximate surface area is 74.7 Å². The van der Waals surface area contributed by atoms with Gasteiger partial charge in [-0.1, -0.05) is 0 Å². The number of hydrogen-bond donors (Lipinski definition) is 1. The number of pyridine rings is 1. The minimum atomic E-state index is -0.00417. The molecule has 0 fully saturated rings. The smallest absolute Gasteiger partial charge is 0.153 e. The summed E-state index contributed by atoms with van der Waals surface area (Å²) in [7, 11) is 0. The minimum Gasteiger partial charge on any atom is -0.507 e. The summed E-state index contributed by atoms with van der Waals surface area (Å²) in [6.45, 7) is 0. The van der Waals surface area contributed by atoms with Crippen LogP contribution in [-0.2, 0) is 0 Å². The number of nitrogens with zero attached hydrogens (tertiary/aromatic N) is 1. The zero-order valence-corrected chi connectivity index (χ0v) is 6.77. The van der Waals surface area contributed by atoms with Gasteiger partial charge in [-0.05, 0) is 23.6 Å². The van der Waals surface area contributed by atoms with Gasteiger partial charge >= 0.3 is 0 Å². The van der Waals surface area contributed by atoms with Crippen molar-refractivity contribution in [3.8, 4) is 5.75 Å². The lowest BCUT2D eigenvalue weighted by molar-refractivity contribution is 0.112. The maximum atomic E-state index is 10.5. The Morgan fingerprint density at radius 2 is 2.15 bits per heavy atom. The van der Waals surface area contributed by atoms with Crippen LogP contribution in [0.4, 0.5) is 0 Å². The largest absolute Gasteiger partial charge is 0.507 e. The van der Waals surface area contributed by atoms with Gasteiger partial charge in [0.2, 0.25) is 0 Å². The number of carbonyl (C=O) groups excluding carboxylic acids is 1. The molecular weight excluding hydrogens is 166 g/mol. The summed E-state index contributed by atoms with van der Waals surface area (Å²) in [5, 5.41) is 11.1. The van der Waals surface area contributed by atoms with Crippen molar-refractivity contribution in [3.63, 3.8) is 0 Å². The summed E-state index contributed by atoms with van der Waals surface area (Å²) < 4.78 is 0. The van der Waals surface area contributed by atoms with E-state index in [4.69, 9.17) is 0 Å². The van der Waals surface area contributed by atoms with Gasteiger partial charge in [0.15, 0.2) is 6.29 Å². The number of phenolic OH excluding ortho intramolecular Hbond substituents is 1. The molecule has 1 N–H and O–H groups in total. The zero-order valence-electron chi connectivity index (χ0n) is 6.77. The van der Waals surface area contributed by atoms with E-state index >= 15 is 0 Å². The highest BCUT2D eigenvalue weighted by Gasteiger charge is 2.01. The maximum absolute atomic E-state index is 10.5. The van der Waals surface area contributed by atoms with E-state index in [0.29, 0.717) is 11.8 Å². The van der Waals surface area contributed by atoms with E-state index in [1.54, 1.807) is 24.5 Å². The Morgan fingerprint density at radius 3 is 2.92 bits per heavy atom. The number of rotatable bonds is 1. The van der Waals surface area contributed by atoms with Gasteiger partial charge in [-0.15, -0.1) is 0 Å². The number of fused-ring (bicyclic) bond motifs is 1. The van der Waals surface area contributed by atoms with Crippen molar-refractivity contribution in [3.05, 3.63) is 36.2 Å². The minimum absolute atomic E-state index is 0.00417. The third kappa shape index (κ3) is 1.24. The first-order chi connectivity index (χ1) is 6.31. The molecule has 0 unspecified atom stereocenters. The predicted molar refractivity (Wildman–Crippen MR) is 48.8 cm³/mol. The summed E-state index contributed by atoms with van der Waals surface area (Å²) in [4.78, 5) is 14.4. The summed E-state index contributed by atoms with van der Waals surface area (Å²) in [6.07, 6.45) is 3.92. The molecule has 0 aliphatic rings. The third-order valence-corrected chi connectivity index (χ3v) is 1.91. The fourth-order valence-corrected chi connectivity index (χ4v) is 1.24. The lowest BCUT2D eigenvalue weighted by atomic mass is 10.1. The van der Waals surface area contributed by atoms with Crippen molar-refractivity contribution in [2.24, 2.45) is 0 Å². The highest BCUT2D eigenvalue weighted by Crippen LogP contribution is 2.22. The summed E-state index contributed by atoms with van der Waals surface area (Å²) in [5.74, 6) is -0.00417. The predicted octanol–water partition coefficient (Wildman–Crippen LogP) is 1.75. The quantitative estimate of drug-likeness (QED) is 0.668. The SMILES string of the molecule is O=Cc1cc2ccncc2cc1O. The lowest BCUT2D eigenvalue weighted by Gasteiger charge is -2.00. The zero-order chi connectivity index (χ0) is 9.26. The van der Waals surface area contributed by atoms with Gasteiger partial charge in [0, 0.05) is 17.8 Å². The molecule has 0 atom stereocenters. The van der Waals surface area contributed by atoms with Crippen LogP contribution in [0.1, 0.15) is 10.4 Å². The molecule has 3 nitrogen and oxygen atoms in total. The van der Waals surface area contributed by atoms with Gasteiger partial charge in [0.1, 0.15) is 5.75 Å². The highest BCUT2D eigenvalue weighted by molar-refractivity contribution is 5.91. The Balaban J connectivity index is 2.81. The van der Waals surface area contributed by atoms with Crippen LogP contribution in [0, 0.1) is 0 Å². The van der Waals surface area contributed by atoms with Crippen LogP contribution in [0.25, 0.3) is 10.8 Å². The first kappa shape index (κ1) is 7.73. The number of aromatic nitrogens is 1. The molecule has 0 amide bonds. The molecule has 0 saturated carbocycles. The van der Waals surface area contributed by atoms with Crippen LogP contribution in [0.5, 0.6) is 5.75 Å². The first-order valence-corrected chi connectivity index (χ1v) is 3.83. The van der Waals surface area contributed by atoms with Gasteiger partial charge in [-0.3, -0.25) is 9.78 Å². The maximum Gasteiger partial charge on any atom is 0.153 e. The standard InChI is InChI=1S/C10H7NO2/c12-6-9-3-7-1-2-11-5-8(7)4-10(9)13/h1-6,13H. The van der Waals surface area contributed by atoms with E-state index < -0.39 is 0 Å². The second kappa shape index (κ2) is 2.86. The lowest BCUT2D eigenvalue weighted by Crippen LogP contribution is -1.82. The third-order valence-electron chi connectivity index (χ3n) is 1.91. The van der Waals surface area contributed by atoms with Crippen molar-refractivity contribution in [2.45, 2.75) is 0 Å². The molecule has 1 aromatic heterocycles. The Kier molecular flexibility index (Phi) is 1.70. The molecular formula is C10H7NO2. The summed E-state index contributed by atoms with van der Waals surface area (Å²) in [5.41, 5.74) is 0.304. The molecule has 3 heteroatoms. The average Bonchev–Trinajstić information content (AvgIpc) is 2.17. The van der Waals surface area contributed by atoms with Gasteiger partial charge < -0.3 is 5.11 Å². The Hall–Kier alpha value is -1.90. The van der Waals surface area contributed by atoms with E-state index in [2.05, 4.69) is 4.98 Å². The molecule has 2 rings (SSSR count). The number of carbonyl (C=O) groups is 1. The number of aromatic hydroxyl groups is 1. The Morgan fingerprint density at radius 1 is 1.31 bits per heavy atom. The van der Waals surface area contributed by atoms with Crippen molar-refractivity contribution >= 4 is 17.1 Å². The Bertz CT molecular complexity index is 465. The van der Waals surface area contributed by atoms with Crippen molar-refractivity contribution in [1.29, 1.82) is 0 Å². The van der Waals surface area contributed by atoms with Crippen LogP contribution < -0.4 is 0 Å². The van der Waals surface area contributed by atoms with E-state index in [1.807, 2.05) is 0 Å². The van der Waals surface area contributed by atoms with Crippen LogP contribution in [0.15, 0.2) is 30.6 Å². The van der Waals surface area contributed by atoms with E-state index in [-0.39, 0.29) is 5.75 Å².